The summed E-state index contributed by atoms with van der Waals surface area (Å²) in [4.78, 5) is 24.5. The number of hydrogen-bond acceptors (Lipinski definition) is 2. The van der Waals surface area contributed by atoms with Gasteiger partial charge in [0, 0.05) is 30.4 Å². The number of rotatable bonds is 5. The molecule has 0 saturated heterocycles. The van der Waals surface area contributed by atoms with E-state index in [1.54, 1.807) is 0 Å². The maximum absolute atomic E-state index is 12.2. The third kappa shape index (κ3) is 4.30. The van der Waals surface area contributed by atoms with Crippen molar-refractivity contribution < 1.29 is 14.7 Å². The second-order valence-electron chi connectivity index (χ2n) is 5.53. The molecule has 0 radical (unpaired) electrons. The van der Waals surface area contributed by atoms with Gasteiger partial charge in [-0.1, -0.05) is 15.9 Å². The monoisotopic (exact) mass is 353 g/mol. The van der Waals surface area contributed by atoms with E-state index in [4.69, 9.17) is 5.11 Å². The van der Waals surface area contributed by atoms with Crippen molar-refractivity contribution in [2.24, 2.45) is 0 Å². The third-order valence-electron chi connectivity index (χ3n) is 3.91. The van der Waals surface area contributed by atoms with E-state index >= 15 is 0 Å². The number of carboxylic acids is 1. The van der Waals surface area contributed by atoms with E-state index in [1.165, 1.54) is 16.7 Å². The Balaban J connectivity index is 1.92. The molecule has 0 atom stereocenters. The Morgan fingerprint density at radius 3 is 2.71 bits per heavy atom. The Hall–Kier alpha value is -1.36. The molecule has 4 nitrogen and oxygen atoms in total. The molecule has 114 valence electrons. The van der Waals surface area contributed by atoms with Crippen molar-refractivity contribution in [1.82, 2.24) is 4.90 Å². The van der Waals surface area contributed by atoms with Crippen molar-refractivity contribution in [3.05, 3.63) is 33.3 Å². The molecule has 1 aliphatic rings. The summed E-state index contributed by atoms with van der Waals surface area (Å²) < 4.78 is 1.09. The lowest BCUT2D eigenvalue weighted by Gasteiger charge is -2.30. The van der Waals surface area contributed by atoms with Crippen molar-refractivity contribution in [2.75, 3.05) is 6.54 Å². The minimum Gasteiger partial charge on any atom is -0.481 e. The van der Waals surface area contributed by atoms with Gasteiger partial charge >= 0.3 is 5.97 Å². The number of halogens is 1. The van der Waals surface area contributed by atoms with Gasteiger partial charge in [-0.05, 0) is 55.0 Å². The highest BCUT2D eigenvalue weighted by Crippen LogP contribution is 2.27. The number of fused-ring (bicyclic) bond motifs is 1. The van der Waals surface area contributed by atoms with E-state index in [1.807, 2.05) is 4.90 Å². The van der Waals surface area contributed by atoms with E-state index in [-0.39, 0.29) is 12.3 Å². The smallest absolute Gasteiger partial charge is 0.303 e. The van der Waals surface area contributed by atoms with Crippen LogP contribution in [0.15, 0.2) is 16.6 Å². The quantitative estimate of drug-likeness (QED) is 0.826. The summed E-state index contributed by atoms with van der Waals surface area (Å²) in [5, 5.41) is 8.59. The fourth-order valence-electron chi connectivity index (χ4n) is 2.74. The Labute approximate surface area is 133 Å². The lowest BCUT2D eigenvalue weighted by Crippen LogP contribution is -2.36. The van der Waals surface area contributed by atoms with Crippen molar-refractivity contribution in [3.63, 3.8) is 0 Å². The van der Waals surface area contributed by atoms with Crippen molar-refractivity contribution in [1.29, 1.82) is 0 Å². The molecule has 0 unspecified atom stereocenters. The van der Waals surface area contributed by atoms with E-state index in [2.05, 4.69) is 35.0 Å². The van der Waals surface area contributed by atoms with Crippen LogP contribution in [0.4, 0.5) is 0 Å². The highest BCUT2D eigenvalue weighted by Gasteiger charge is 2.21. The molecule has 1 N–H and O–H groups in total. The van der Waals surface area contributed by atoms with E-state index in [0.29, 0.717) is 25.8 Å². The molecule has 1 aromatic carbocycles. The zero-order valence-electron chi connectivity index (χ0n) is 12.2. The van der Waals surface area contributed by atoms with E-state index < -0.39 is 5.97 Å². The van der Waals surface area contributed by atoms with Gasteiger partial charge in [-0.2, -0.15) is 0 Å². The van der Waals surface area contributed by atoms with Crippen LogP contribution in [-0.2, 0) is 22.6 Å². The fraction of sp³-hybridized carbons (Fsp3) is 0.500. The Kier molecular flexibility index (Phi) is 5.39. The van der Waals surface area contributed by atoms with Gasteiger partial charge in [0.05, 0.1) is 0 Å². The first kappa shape index (κ1) is 16.0. The van der Waals surface area contributed by atoms with Crippen LogP contribution in [0, 0.1) is 6.92 Å². The first-order valence-electron chi connectivity index (χ1n) is 7.25. The summed E-state index contributed by atoms with van der Waals surface area (Å²) in [6.45, 7) is 3.50. The van der Waals surface area contributed by atoms with Crippen LogP contribution >= 0.6 is 15.9 Å². The van der Waals surface area contributed by atoms with Gasteiger partial charge < -0.3 is 10.0 Å². The van der Waals surface area contributed by atoms with Crippen LogP contribution in [0.1, 0.15) is 42.4 Å². The molecule has 1 aliphatic heterocycles. The molecule has 0 saturated carbocycles. The highest BCUT2D eigenvalue weighted by molar-refractivity contribution is 9.10. The van der Waals surface area contributed by atoms with Gasteiger partial charge in [-0.15, -0.1) is 0 Å². The molecule has 1 aromatic rings. The maximum Gasteiger partial charge on any atom is 0.303 e. The first-order chi connectivity index (χ1) is 9.97. The van der Waals surface area contributed by atoms with Gasteiger partial charge in [0.25, 0.3) is 0 Å². The number of hydrogen-bond donors (Lipinski definition) is 1. The minimum absolute atomic E-state index is 0.133. The van der Waals surface area contributed by atoms with Gasteiger partial charge in [-0.3, -0.25) is 9.59 Å². The molecule has 5 heteroatoms. The number of benzene rings is 1. The molecule has 0 spiro atoms. The predicted octanol–water partition coefficient (Wildman–Crippen LogP) is 3.29. The SMILES string of the molecule is Cc1cc(Br)cc2c1CN(C(=O)CCCCC(=O)O)CC2. The molecule has 1 amide bonds. The normalized spacial score (nSPS) is 13.9. The number of amides is 1. The zero-order chi connectivity index (χ0) is 15.4. The molecule has 21 heavy (non-hydrogen) atoms. The molecule has 0 aliphatic carbocycles. The van der Waals surface area contributed by atoms with Gasteiger partial charge in [0.2, 0.25) is 5.91 Å². The number of carbonyl (C=O) groups excluding carboxylic acids is 1. The molecule has 0 bridgehead atoms. The lowest BCUT2D eigenvalue weighted by atomic mass is 9.95. The number of nitrogens with zero attached hydrogens (tertiary/aromatic N) is 1. The summed E-state index contributed by atoms with van der Waals surface area (Å²) >= 11 is 3.51. The number of carbonyl (C=O) groups is 2. The molecule has 2 rings (SSSR count). The van der Waals surface area contributed by atoms with Crippen molar-refractivity contribution >= 4 is 27.8 Å². The number of aliphatic carboxylic acids is 1. The summed E-state index contributed by atoms with van der Waals surface area (Å²) in [5.41, 5.74) is 3.78. The fourth-order valence-corrected chi connectivity index (χ4v) is 3.36. The first-order valence-corrected chi connectivity index (χ1v) is 8.04. The maximum atomic E-state index is 12.2. The molecular formula is C16H20BrNO3. The van der Waals surface area contributed by atoms with Gasteiger partial charge in [-0.25, -0.2) is 0 Å². The Morgan fingerprint density at radius 1 is 1.29 bits per heavy atom. The van der Waals surface area contributed by atoms with Crippen LogP contribution < -0.4 is 0 Å². The number of aryl methyl sites for hydroxylation is 1. The average Bonchev–Trinajstić information content (AvgIpc) is 2.42. The molecular weight excluding hydrogens is 334 g/mol. The molecule has 1 heterocycles. The second-order valence-corrected chi connectivity index (χ2v) is 6.44. The largest absolute Gasteiger partial charge is 0.481 e. The zero-order valence-corrected chi connectivity index (χ0v) is 13.8. The third-order valence-corrected chi connectivity index (χ3v) is 4.37. The van der Waals surface area contributed by atoms with Crippen LogP contribution in [0.5, 0.6) is 0 Å². The van der Waals surface area contributed by atoms with Crippen LogP contribution in [0.2, 0.25) is 0 Å². The topological polar surface area (TPSA) is 57.6 Å². The number of unbranched alkanes of at least 4 members (excludes halogenated alkanes) is 1. The predicted molar refractivity (Wildman–Crippen MR) is 84.1 cm³/mol. The van der Waals surface area contributed by atoms with Crippen molar-refractivity contribution in [3.8, 4) is 0 Å². The van der Waals surface area contributed by atoms with Gasteiger partial charge in [0.15, 0.2) is 0 Å². The van der Waals surface area contributed by atoms with E-state index in [0.717, 1.165) is 17.4 Å². The Bertz CT molecular complexity index is 557. The lowest BCUT2D eigenvalue weighted by molar-refractivity contribution is -0.137. The average molecular weight is 354 g/mol. The summed E-state index contributed by atoms with van der Waals surface area (Å²) in [7, 11) is 0. The van der Waals surface area contributed by atoms with E-state index in [9.17, 15) is 9.59 Å². The highest BCUT2D eigenvalue weighted by atomic mass is 79.9. The van der Waals surface area contributed by atoms with Crippen molar-refractivity contribution in [2.45, 2.75) is 45.6 Å². The summed E-state index contributed by atoms with van der Waals surface area (Å²) in [6.07, 6.45) is 2.68. The van der Waals surface area contributed by atoms with Crippen LogP contribution in [-0.4, -0.2) is 28.4 Å². The molecule has 0 fully saturated rings. The molecule has 0 aromatic heterocycles. The Morgan fingerprint density at radius 2 is 2.00 bits per heavy atom. The van der Waals surface area contributed by atoms with Crippen LogP contribution in [0.25, 0.3) is 0 Å². The van der Waals surface area contributed by atoms with Gasteiger partial charge in [0.1, 0.15) is 0 Å². The second kappa shape index (κ2) is 7.07. The summed E-state index contributed by atoms with van der Waals surface area (Å²) in [6, 6.07) is 4.22. The number of carboxylic acid groups (broad SMARTS) is 1. The summed E-state index contributed by atoms with van der Waals surface area (Å²) in [5.74, 6) is -0.663. The minimum atomic E-state index is -0.796. The standard InChI is InChI=1S/C16H20BrNO3/c1-11-8-13(17)9-12-6-7-18(10-14(11)12)15(19)4-2-3-5-16(20)21/h8-9H,2-7,10H2,1H3,(H,20,21). The van der Waals surface area contributed by atoms with Crippen LogP contribution in [0.3, 0.4) is 0 Å².